The third-order valence-corrected chi connectivity index (χ3v) is 0.795. The van der Waals surface area contributed by atoms with E-state index in [1.54, 1.807) is 0 Å². The highest BCUT2D eigenvalue weighted by atomic mass is 19.3. The predicted molar refractivity (Wildman–Crippen MR) is 30.5 cm³/mol. The van der Waals surface area contributed by atoms with Crippen molar-refractivity contribution in [1.29, 1.82) is 0 Å². The van der Waals surface area contributed by atoms with Gasteiger partial charge in [-0.2, -0.15) is 0 Å². The van der Waals surface area contributed by atoms with E-state index in [0.29, 0.717) is 6.42 Å². The van der Waals surface area contributed by atoms with Gasteiger partial charge in [0.1, 0.15) is 6.29 Å². The Morgan fingerprint density at radius 1 is 1.56 bits per heavy atom. The maximum Gasteiger partial charge on any atom is 0.248 e. The zero-order valence-corrected chi connectivity index (χ0v) is 5.36. The number of rotatable bonds is 1. The second-order valence-electron chi connectivity index (χ2n) is 1.93. The molecule has 0 aromatic heterocycles. The van der Waals surface area contributed by atoms with Gasteiger partial charge in [-0.3, -0.25) is 0 Å². The van der Waals surface area contributed by atoms with Crippen molar-refractivity contribution in [2.45, 2.75) is 32.1 Å². The SMILES string of the molecule is CCC=O.FC1(F)CC1. The first kappa shape index (κ1) is 8.53. The highest BCUT2D eigenvalue weighted by molar-refractivity contribution is 5.48. The van der Waals surface area contributed by atoms with Crippen LogP contribution in [-0.4, -0.2) is 12.2 Å². The molecule has 0 unspecified atom stereocenters. The van der Waals surface area contributed by atoms with E-state index in [-0.39, 0.29) is 12.8 Å². The lowest BCUT2D eigenvalue weighted by atomic mass is 10.6. The van der Waals surface area contributed by atoms with Crippen molar-refractivity contribution >= 4 is 6.29 Å². The first-order valence-electron chi connectivity index (χ1n) is 2.94. The Bertz CT molecular complexity index is 85.1. The number of carbonyl (C=O) groups is 1. The van der Waals surface area contributed by atoms with Crippen molar-refractivity contribution in [3.05, 3.63) is 0 Å². The van der Waals surface area contributed by atoms with Crippen molar-refractivity contribution in [2.24, 2.45) is 0 Å². The molecule has 1 fully saturated rings. The molecule has 1 rings (SSSR count). The van der Waals surface area contributed by atoms with Crippen molar-refractivity contribution in [3.8, 4) is 0 Å². The average molecular weight is 136 g/mol. The largest absolute Gasteiger partial charge is 0.303 e. The van der Waals surface area contributed by atoms with E-state index in [2.05, 4.69) is 0 Å². The molecule has 0 radical (unpaired) electrons. The van der Waals surface area contributed by atoms with Crippen LogP contribution in [0.3, 0.4) is 0 Å². The summed E-state index contributed by atoms with van der Waals surface area (Å²) in [6.07, 6.45) is 1.75. The summed E-state index contributed by atoms with van der Waals surface area (Å²) in [6, 6.07) is 0. The first-order chi connectivity index (χ1) is 4.12. The molecule has 1 aliphatic carbocycles. The van der Waals surface area contributed by atoms with Crippen LogP contribution in [0.1, 0.15) is 26.2 Å². The van der Waals surface area contributed by atoms with Crippen LogP contribution in [0.2, 0.25) is 0 Å². The zero-order valence-electron chi connectivity index (χ0n) is 5.36. The van der Waals surface area contributed by atoms with Crippen LogP contribution < -0.4 is 0 Å². The number of alkyl halides is 2. The first-order valence-corrected chi connectivity index (χ1v) is 2.94. The van der Waals surface area contributed by atoms with Crippen molar-refractivity contribution in [3.63, 3.8) is 0 Å². The molecule has 3 heteroatoms. The van der Waals surface area contributed by atoms with Gasteiger partial charge in [0.05, 0.1) is 0 Å². The minimum absolute atomic E-state index is 0.118. The monoisotopic (exact) mass is 136 g/mol. The van der Waals surface area contributed by atoms with Gasteiger partial charge >= 0.3 is 0 Å². The van der Waals surface area contributed by atoms with Crippen LogP contribution in [0, 0.1) is 0 Å². The molecular formula is C6H10F2O. The van der Waals surface area contributed by atoms with E-state index in [1.807, 2.05) is 6.92 Å². The Balaban J connectivity index is 0.000000148. The second kappa shape index (κ2) is 3.54. The number of hydrogen-bond donors (Lipinski definition) is 0. The van der Waals surface area contributed by atoms with Gasteiger partial charge in [-0.25, -0.2) is 8.78 Å². The van der Waals surface area contributed by atoms with E-state index >= 15 is 0 Å². The molecule has 1 aliphatic rings. The van der Waals surface area contributed by atoms with Gasteiger partial charge in [0.15, 0.2) is 0 Å². The fraction of sp³-hybridized carbons (Fsp3) is 0.833. The van der Waals surface area contributed by atoms with Gasteiger partial charge in [0, 0.05) is 19.3 Å². The molecule has 0 bridgehead atoms. The number of halogens is 2. The molecule has 0 aromatic carbocycles. The third-order valence-electron chi connectivity index (χ3n) is 0.795. The minimum Gasteiger partial charge on any atom is -0.303 e. The maximum atomic E-state index is 11.1. The zero-order chi connectivity index (χ0) is 7.33. The third kappa shape index (κ3) is 7.53. The molecule has 54 valence electrons. The lowest BCUT2D eigenvalue weighted by Crippen LogP contribution is -1.79. The summed E-state index contributed by atoms with van der Waals surface area (Å²) >= 11 is 0. The second-order valence-corrected chi connectivity index (χ2v) is 1.93. The molecule has 0 aliphatic heterocycles. The highest BCUT2D eigenvalue weighted by Crippen LogP contribution is 2.40. The number of hydrogen-bond acceptors (Lipinski definition) is 1. The topological polar surface area (TPSA) is 17.1 Å². The summed E-state index contributed by atoms with van der Waals surface area (Å²) < 4.78 is 22.3. The Hall–Kier alpha value is -0.470. The molecule has 1 nitrogen and oxygen atoms in total. The molecule has 0 atom stereocenters. The average Bonchev–Trinajstić information content (AvgIpc) is 2.47. The standard InChI is InChI=1S/C3H4F2.C3H6O/c4-3(5)1-2-3;1-2-3-4/h1-2H2;3H,2H2,1H3. The van der Waals surface area contributed by atoms with E-state index in [1.165, 1.54) is 0 Å². The molecule has 0 heterocycles. The van der Waals surface area contributed by atoms with E-state index in [0.717, 1.165) is 6.29 Å². The molecule has 0 amide bonds. The van der Waals surface area contributed by atoms with Gasteiger partial charge < -0.3 is 4.79 Å². The maximum absolute atomic E-state index is 11.1. The fourth-order valence-electron chi connectivity index (χ4n) is 0.0945. The Morgan fingerprint density at radius 3 is 1.78 bits per heavy atom. The van der Waals surface area contributed by atoms with Crippen LogP contribution in [0.4, 0.5) is 8.78 Å². The van der Waals surface area contributed by atoms with Crippen molar-refractivity contribution in [1.82, 2.24) is 0 Å². The summed E-state index contributed by atoms with van der Waals surface area (Å²) in [4.78, 5) is 9.17. The van der Waals surface area contributed by atoms with Gasteiger partial charge in [-0.05, 0) is 0 Å². The quantitative estimate of drug-likeness (QED) is 0.504. The molecule has 1 saturated carbocycles. The molecule has 0 spiro atoms. The molecule has 0 N–H and O–H groups in total. The van der Waals surface area contributed by atoms with Gasteiger partial charge in [-0.1, -0.05) is 6.92 Å². The number of carbonyl (C=O) groups excluding carboxylic acids is 1. The lowest BCUT2D eigenvalue weighted by molar-refractivity contribution is -0.107. The summed E-state index contributed by atoms with van der Waals surface area (Å²) in [6.45, 7) is 1.81. The van der Waals surface area contributed by atoms with Crippen molar-refractivity contribution < 1.29 is 13.6 Å². The van der Waals surface area contributed by atoms with Crippen LogP contribution in [0.25, 0.3) is 0 Å². The molecular weight excluding hydrogens is 126 g/mol. The molecule has 9 heavy (non-hydrogen) atoms. The summed E-state index contributed by atoms with van der Waals surface area (Å²) in [5, 5.41) is 0. The highest BCUT2D eigenvalue weighted by Gasteiger charge is 2.43. The Kier molecular flexibility index (Phi) is 3.35. The van der Waals surface area contributed by atoms with E-state index < -0.39 is 5.92 Å². The normalized spacial score (nSPS) is 19.4. The van der Waals surface area contributed by atoms with E-state index in [4.69, 9.17) is 0 Å². The van der Waals surface area contributed by atoms with Crippen LogP contribution in [-0.2, 0) is 4.79 Å². The van der Waals surface area contributed by atoms with Gasteiger partial charge in [-0.15, -0.1) is 0 Å². The molecule has 0 saturated heterocycles. The number of aldehydes is 1. The summed E-state index contributed by atoms with van der Waals surface area (Å²) in [7, 11) is 0. The minimum atomic E-state index is -2.25. The summed E-state index contributed by atoms with van der Waals surface area (Å²) in [5.41, 5.74) is 0. The van der Waals surface area contributed by atoms with Crippen LogP contribution in [0.5, 0.6) is 0 Å². The predicted octanol–water partition coefficient (Wildman–Crippen LogP) is 2.01. The summed E-state index contributed by atoms with van der Waals surface area (Å²) in [5.74, 6) is -2.25. The van der Waals surface area contributed by atoms with Crippen LogP contribution >= 0.6 is 0 Å². The fourth-order valence-corrected chi connectivity index (χ4v) is 0.0945. The Morgan fingerprint density at radius 2 is 1.78 bits per heavy atom. The smallest absolute Gasteiger partial charge is 0.248 e. The lowest BCUT2D eigenvalue weighted by Gasteiger charge is -1.76. The van der Waals surface area contributed by atoms with Crippen LogP contribution in [0.15, 0.2) is 0 Å². The van der Waals surface area contributed by atoms with Gasteiger partial charge in [0.25, 0.3) is 0 Å². The molecule has 0 aromatic rings. The van der Waals surface area contributed by atoms with Crippen molar-refractivity contribution in [2.75, 3.05) is 0 Å². The van der Waals surface area contributed by atoms with E-state index in [9.17, 15) is 13.6 Å². The van der Waals surface area contributed by atoms with Gasteiger partial charge in [0.2, 0.25) is 5.92 Å². The Labute approximate surface area is 53.1 Å².